The van der Waals surface area contributed by atoms with Gasteiger partial charge in [0.2, 0.25) is 5.91 Å². The Bertz CT molecular complexity index is 1470. The Morgan fingerprint density at radius 3 is 2.44 bits per heavy atom. The maximum atomic E-state index is 12.9. The van der Waals surface area contributed by atoms with E-state index in [1.165, 1.54) is 19.2 Å². The molecule has 1 N–H and O–H groups in total. The van der Waals surface area contributed by atoms with Crippen LogP contribution in [-0.2, 0) is 16.2 Å². The van der Waals surface area contributed by atoms with Crippen molar-refractivity contribution in [1.82, 2.24) is 4.90 Å². The van der Waals surface area contributed by atoms with Gasteiger partial charge in [0, 0.05) is 17.8 Å². The van der Waals surface area contributed by atoms with Crippen molar-refractivity contribution in [1.29, 1.82) is 0 Å². The van der Waals surface area contributed by atoms with Crippen molar-refractivity contribution in [3.8, 4) is 11.5 Å². The smallest absolute Gasteiger partial charge is 0.294 e. The number of nitro benzene ring substituents is 1. The zero-order valence-corrected chi connectivity index (χ0v) is 25.3. The zero-order valence-electron chi connectivity index (χ0n) is 20.2. The maximum absolute atomic E-state index is 12.9. The minimum atomic E-state index is -0.550. The molecule has 1 aliphatic heterocycles. The monoisotopic (exact) mass is 771 g/mol. The second-order valence-corrected chi connectivity index (χ2v) is 11.4. The fourth-order valence-corrected chi connectivity index (χ4v) is 6.49. The average Bonchev–Trinajstić information content (AvgIpc) is 3.16. The molecule has 0 radical (unpaired) electrons. The van der Waals surface area contributed by atoms with Crippen LogP contribution in [0.25, 0.3) is 6.08 Å². The van der Waals surface area contributed by atoms with E-state index < -0.39 is 28.5 Å². The minimum Gasteiger partial charge on any atom is -0.497 e. The van der Waals surface area contributed by atoms with Crippen LogP contribution in [0.15, 0.2) is 65.6 Å². The van der Waals surface area contributed by atoms with Crippen LogP contribution in [0.1, 0.15) is 11.1 Å². The van der Waals surface area contributed by atoms with Crippen molar-refractivity contribution in [2.75, 3.05) is 19.0 Å². The number of benzene rings is 3. The van der Waals surface area contributed by atoms with E-state index in [-0.39, 0.29) is 17.2 Å². The van der Waals surface area contributed by atoms with Crippen molar-refractivity contribution < 1.29 is 28.8 Å². The lowest BCUT2D eigenvalue weighted by molar-refractivity contribution is -0.384. The standard InChI is InChI=1S/C26H19I2N3O7S/c1-37-19-7-5-17(6-8-19)29-23(32)13-30-25(33)22(39-26(30)34)12-16-10-20(27)24(21(28)11-16)38-14-15-3-2-4-18(9-15)31(35)36/h2-12H,13-14H2,1H3,(H,29,32)/b22-12+. The quantitative estimate of drug-likeness (QED) is 0.120. The van der Waals surface area contributed by atoms with Crippen LogP contribution in [0.5, 0.6) is 11.5 Å². The summed E-state index contributed by atoms with van der Waals surface area (Å²) in [5, 5.41) is 13.1. The highest BCUT2D eigenvalue weighted by Gasteiger charge is 2.36. The van der Waals surface area contributed by atoms with Gasteiger partial charge in [-0.15, -0.1) is 0 Å². The van der Waals surface area contributed by atoms with Gasteiger partial charge in [0.1, 0.15) is 24.7 Å². The van der Waals surface area contributed by atoms with Gasteiger partial charge in [0.05, 0.1) is 24.1 Å². The Hall–Kier alpha value is -3.18. The van der Waals surface area contributed by atoms with E-state index in [9.17, 15) is 24.5 Å². The lowest BCUT2D eigenvalue weighted by Crippen LogP contribution is -2.36. The molecule has 1 fully saturated rings. The molecule has 1 heterocycles. The molecule has 3 aromatic rings. The number of carbonyl (C=O) groups is 3. The third-order valence-electron chi connectivity index (χ3n) is 5.37. The summed E-state index contributed by atoms with van der Waals surface area (Å²) in [6.07, 6.45) is 1.60. The number of thioether (sulfide) groups is 1. The molecule has 0 aromatic heterocycles. The molecule has 13 heteroatoms. The van der Waals surface area contributed by atoms with Crippen LogP contribution in [0, 0.1) is 17.3 Å². The number of imide groups is 1. The number of anilines is 1. The lowest BCUT2D eigenvalue weighted by atomic mass is 10.2. The number of rotatable bonds is 9. The summed E-state index contributed by atoms with van der Waals surface area (Å²) >= 11 is 4.98. The van der Waals surface area contributed by atoms with Gasteiger partial charge in [-0.25, -0.2) is 0 Å². The molecule has 0 spiro atoms. The summed E-state index contributed by atoms with van der Waals surface area (Å²) in [5.41, 5.74) is 1.84. The number of amides is 3. The molecular formula is C26H19I2N3O7S. The number of hydrogen-bond donors (Lipinski definition) is 1. The summed E-state index contributed by atoms with van der Waals surface area (Å²) in [6, 6.07) is 16.5. The highest BCUT2D eigenvalue weighted by Crippen LogP contribution is 2.35. The Morgan fingerprint density at radius 1 is 1.10 bits per heavy atom. The summed E-state index contributed by atoms with van der Waals surface area (Å²) in [4.78, 5) is 49.5. The summed E-state index contributed by atoms with van der Waals surface area (Å²) < 4.78 is 12.5. The molecule has 0 saturated carbocycles. The molecule has 3 aromatic carbocycles. The molecule has 0 atom stereocenters. The first-order chi connectivity index (χ1) is 18.6. The lowest BCUT2D eigenvalue weighted by Gasteiger charge is -2.13. The number of carbonyl (C=O) groups excluding carboxylic acids is 3. The van der Waals surface area contributed by atoms with Crippen LogP contribution in [-0.4, -0.2) is 40.5 Å². The number of hydrogen-bond acceptors (Lipinski definition) is 8. The molecule has 4 rings (SSSR count). The Balaban J connectivity index is 1.42. The van der Waals surface area contributed by atoms with Crippen LogP contribution in [0.4, 0.5) is 16.2 Å². The predicted octanol–water partition coefficient (Wildman–Crippen LogP) is 6.07. The first kappa shape index (κ1) is 28.8. The molecule has 1 saturated heterocycles. The molecular weight excluding hydrogens is 752 g/mol. The van der Waals surface area contributed by atoms with Gasteiger partial charge in [-0.3, -0.25) is 29.4 Å². The molecule has 10 nitrogen and oxygen atoms in total. The van der Waals surface area contributed by atoms with E-state index in [0.717, 1.165) is 23.8 Å². The van der Waals surface area contributed by atoms with Crippen molar-refractivity contribution in [2.24, 2.45) is 0 Å². The van der Waals surface area contributed by atoms with E-state index >= 15 is 0 Å². The predicted molar refractivity (Wildman–Crippen MR) is 164 cm³/mol. The van der Waals surface area contributed by atoms with E-state index in [1.807, 2.05) is 0 Å². The molecule has 200 valence electrons. The third kappa shape index (κ3) is 7.27. The van der Waals surface area contributed by atoms with Crippen LogP contribution >= 0.6 is 56.9 Å². The molecule has 0 bridgehead atoms. The molecule has 39 heavy (non-hydrogen) atoms. The number of halogens is 2. The van der Waals surface area contributed by atoms with Gasteiger partial charge in [-0.2, -0.15) is 0 Å². The summed E-state index contributed by atoms with van der Waals surface area (Å²) in [7, 11) is 1.54. The zero-order chi connectivity index (χ0) is 28.1. The Labute approximate surface area is 254 Å². The van der Waals surface area contributed by atoms with E-state index in [2.05, 4.69) is 50.5 Å². The first-order valence-electron chi connectivity index (χ1n) is 11.2. The number of ether oxygens (including phenoxy) is 2. The van der Waals surface area contributed by atoms with E-state index in [1.54, 1.807) is 54.6 Å². The second kappa shape index (κ2) is 12.8. The normalized spacial score (nSPS) is 14.0. The fraction of sp³-hybridized carbons (Fsp3) is 0.115. The summed E-state index contributed by atoms with van der Waals surface area (Å²) in [6.45, 7) is -0.266. The van der Waals surface area contributed by atoms with Gasteiger partial charge >= 0.3 is 0 Å². The van der Waals surface area contributed by atoms with Crippen LogP contribution in [0.3, 0.4) is 0 Å². The SMILES string of the molecule is COc1ccc(NC(=O)CN2C(=O)S/C(=C/c3cc(I)c(OCc4cccc([N+](=O)[O-])c4)c(I)c3)C2=O)cc1. The number of methoxy groups -OCH3 is 1. The van der Waals surface area contributed by atoms with Gasteiger partial charge in [0.25, 0.3) is 16.8 Å². The number of nitrogens with one attached hydrogen (secondary N) is 1. The average molecular weight is 771 g/mol. The number of nitrogens with zero attached hydrogens (tertiary/aromatic N) is 2. The van der Waals surface area contributed by atoms with E-state index in [0.29, 0.717) is 28.3 Å². The molecule has 0 unspecified atom stereocenters. The largest absolute Gasteiger partial charge is 0.497 e. The minimum absolute atomic E-state index is 0.0111. The van der Waals surface area contributed by atoms with Crippen LogP contribution in [0.2, 0.25) is 0 Å². The molecule has 1 aliphatic rings. The van der Waals surface area contributed by atoms with Crippen molar-refractivity contribution >= 4 is 91.4 Å². The molecule has 0 aliphatic carbocycles. The first-order valence-corrected chi connectivity index (χ1v) is 14.2. The number of nitro groups is 1. The third-order valence-corrected chi connectivity index (χ3v) is 7.88. The Morgan fingerprint density at radius 2 is 1.79 bits per heavy atom. The fourth-order valence-electron chi connectivity index (χ4n) is 3.52. The van der Waals surface area contributed by atoms with Gasteiger partial charge in [-0.05, 0) is 111 Å². The van der Waals surface area contributed by atoms with Gasteiger partial charge in [-0.1, -0.05) is 12.1 Å². The topological polar surface area (TPSA) is 128 Å². The number of non-ortho nitro benzene ring substituents is 1. The van der Waals surface area contributed by atoms with E-state index in [4.69, 9.17) is 9.47 Å². The highest BCUT2D eigenvalue weighted by atomic mass is 127. The van der Waals surface area contributed by atoms with Crippen molar-refractivity contribution in [3.05, 3.63) is 94.0 Å². The maximum Gasteiger partial charge on any atom is 0.294 e. The van der Waals surface area contributed by atoms with Crippen LogP contribution < -0.4 is 14.8 Å². The van der Waals surface area contributed by atoms with Gasteiger partial charge < -0.3 is 14.8 Å². The summed E-state index contributed by atoms with van der Waals surface area (Å²) in [5.74, 6) is 0.183. The second-order valence-electron chi connectivity index (χ2n) is 8.07. The highest BCUT2D eigenvalue weighted by molar-refractivity contribution is 14.1. The Kier molecular flexibility index (Phi) is 9.45. The van der Waals surface area contributed by atoms with Crippen molar-refractivity contribution in [3.63, 3.8) is 0 Å². The van der Waals surface area contributed by atoms with Gasteiger partial charge in [0.15, 0.2) is 0 Å². The van der Waals surface area contributed by atoms with Crippen molar-refractivity contribution in [2.45, 2.75) is 6.61 Å². The molecule has 3 amide bonds.